The molecule has 0 fully saturated rings. The smallest absolute Gasteiger partial charge is 0.317 e. The van der Waals surface area contributed by atoms with Crippen LogP contribution in [0.3, 0.4) is 0 Å². The topological polar surface area (TPSA) is 54.2 Å². The van der Waals surface area contributed by atoms with Crippen LogP contribution in [0.2, 0.25) is 0 Å². The quantitative estimate of drug-likeness (QED) is 0.790. The van der Waals surface area contributed by atoms with Gasteiger partial charge in [0.15, 0.2) is 0 Å². The van der Waals surface area contributed by atoms with E-state index in [-0.39, 0.29) is 0 Å². The maximum atomic E-state index is 5.57. The molecule has 0 atom stereocenters. The van der Waals surface area contributed by atoms with Crippen molar-refractivity contribution in [1.29, 1.82) is 0 Å². The highest BCUT2D eigenvalue weighted by atomic mass is 16.4. The molecule has 0 aliphatic heterocycles. The molecule has 17 heavy (non-hydrogen) atoms. The van der Waals surface area contributed by atoms with E-state index in [4.69, 9.17) is 4.42 Å². The molecule has 0 unspecified atom stereocenters. The molecule has 1 heterocycles. The van der Waals surface area contributed by atoms with Gasteiger partial charge in [-0.1, -0.05) is 32.8 Å². The van der Waals surface area contributed by atoms with Gasteiger partial charge in [-0.2, -0.15) is 0 Å². The third-order valence-corrected chi connectivity index (χ3v) is 2.49. The minimum absolute atomic E-state index is 0.420. The highest BCUT2D eigenvalue weighted by Crippen LogP contribution is 2.12. The van der Waals surface area contributed by atoms with E-state index in [9.17, 15) is 0 Å². The third kappa shape index (κ3) is 5.17. The molecule has 1 rings (SSSR count). The number of anilines is 1. The van der Waals surface area contributed by atoms with E-state index in [1.807, 2.05) is 11.9 Å². The molecule has 5 nitrogen and oxygen atoms in total. The van der Waals surface area contributed by atoms with E-state index in [1.165, 1.54) is 0 Å². The van der Waals surface area contributed by atoms with Crippen LogP contribution >= 0.6 is 0 Å². The summed E-state index contributed by atoms with van der Waals surface area (Å²) in [6.07, 6.45) is 1.12. The first-order chi connectivity index (χ1) is 7.99. The lowest BCUT2D eigenvalue weighted by atomic mass is 10.1. The summed E-state index contributed by atoms with van der Waals surface area (Å²) in [7, 11) is 1.98. The van der Waals surface area contributed by atoms with Crippen LogP contribution in [0, 0.1) is 5.92 Å². The van der Waals surface area contributed by atoms with Crippen LogP contribution in [0.1, 0.15) is 40.0 Å². The van der Waals surface area contributed by atoms with E-state index in [2.05, 4.69) is 43.2 Å². The summed E-state index contributed by atoms with van der Waals surface area (Å²) in [5, 5.41) is 11.3. The van der Waals surface area contributed by atoms with Gasteiger partial charge in [-0.15, -0.1) is 5.10 Å². The maximum Gasteiger partial charge on any atom is 0.317 e. The lowest BCUT2D eigenvalue weighted by molar-refractivity contribution is 0.446. The number of rotatable bonds is 7. The summed E-state index contributed by atoms with van der Waals surface area (Å²) >= 11 is 0. The largest absolute Gasteiger partial charge is 0.407 e. The average Bonchev–Trinajstić information content (AvgIpc) is 2.71. The monoisotopic (exact) mass is 240 g/mol. The number of nitrogens with one attached hydrogen (secondary N) is 1. The number of hydrogen-bond acceptors (Lipinski definition) is 5. The van der Waals surface area contributed by atoms with Gasteiger partial charge in [0, 0.05) is 19.6 Å². The van der Waals surface area contributed by atoms with Crippen molar-refractivity contribution in [2.75, 3.05) is 18.5 Å². The molecule has 0 aliphatic carbocycles. The van der Waals surface area contributed by atoms with Crippen molar-refractivity contribution >= 4 is 6.01 Å². The van der Waals surface area contributed by atoms with Gasteiger partial charge in [-0.3, -0.25) is 0 Å². The Balaban J connectivity index is 2.43. The van der Waals surface area contributed by atoms with Gasteiger partial charge in [-0.05, 0) is 12.3 Å². The Hall–Kier alpha value is -1.10. The van der Waals surface area contributed by atoms with Crippen LogP contribution in [0.5, 0.6) is 0 Å². The first kappa shape index (κ1) is 14.0. The van der Waals surface area contributed by atoms with Crippen LogP contribution < -0.4 is 10.2 Å². The second kappa shape index (κ2) is 6.59. The van der Waals surface area contributed by atoms with Gasteiger partial charge in [0.2, 0.25) is 5.89 Å². The Kier molecular flexibility index (Phi) is 5.41. The molecular formula is C12H24N4O. The Morgan fingerprint density at radius 2 is 1.94 bits per heavy atom. The van der Waals surface area contributed by atoms with Gasteiger partial charge in [-0.25, -0.2) is 0 Å². The van der Waals surface area contributed by atoms with Gasteiger partial charge in [0.25, 0.3) is 0 Å². The van der Waals surface area contributed by atoms with Crippen LogP contribution in [0.15, 0.2) is 4.42 Å². The molecule has 98 valence electrons. The lowest BCUT2D eigenvalue weighted by Crippen LogP contribution is -2.22. The highest BCUT2D eigenvalue weighted by Gasteiger charge is 2.11. The molecule has 5 heteroatoms. The number of nitrogens with zero attached hydrogens (tertiary/aromatic N) is 3. The predicted octanol–water partition coefficient (Wildman–Crippen LogP) is 2.05. The van der Waals surface area contributed by atoms with E-state index in [0.717, 1.165) is 13.0 Å². The minimum Gasteiger partial charge on any atom is -0.407 e. The van der Waals surface area contributed by atoms with Crippen molar-refractivity contribution < 1.29 is 4.42 Å². The molecule has 0 saturated carbocycles. The predicted molar refractivity (Wildman–Crippen MR) is 69.0 cm³/mol. The molecule has 0 amide bonds. The Bertz CT molecular complexity index is 322. The Labute approximate surface area is 104 Å². The fourth-order valence-corrected chi connectivity index (χ4v) is 1.31. The molecule has 0 aromatic carbocycles. The first-order valence-corrected chi connectivity index (χ1v) is 6.26. The summed E-state index contributed by atoms with van der Waals surface area (Å²) < 4.78 is 5.57. The van der Waals surface area contributed by atoms with E-state index in [1.54, 1.807) is 0 Å². The van der Waals surface area contributed by atoms with E-state index >= 15 is 0 Å². The zero-order chi connectivity index (χ0) is 12.8. The Morgan fingerprint density at radius 1 is 1.24 bits per heavy atom. The highest BCUT2D eigenvalue weighted by molar-refractivity contribution is 5.21. The molecule has 0 spiro atoms. The molecular weight excluding hydrogens is 216 g/mol. The molecule has 1 N–H and O–H groups in total. The molecule has 0 saturated heterocycles. The summed E-state index contributed by atoms with van der Waals surface area (Å²) in [5.41, 5.74) is 0. The third-order valence-electron chi connectivity index (χ3n) is 2.49. The van der Waals surface area contributed by atoms with Crippen molar-refractivity contribution in [1.82, 2.24) is 15.5 Å². The summed E-state index contributed by atoms with van der Waals surface area (Å²) in [6.45, 7) is 10.2. The van der Waals surface area contributed by atoms with E-state index < -0.39 is 0 Å². The molecule has 1 aromatic rings. The summed E-state index contributed by atoms with van der Waals surface area (Å²) in [4.78, 5) is 2.01. The van der Waals surface area contributed by atoms with Crippen molar-refractivity contribution in [2.24, 2.45) is 5.92 Å². The normalized spacial score (nSPS) is 11.5. The molecule has 0 bridgehead atoms. The standard InChI is InChI=1S/C12H24N4O/c1-9(2)6-7-16(5)12-15-14-11(17-12)8-13-10(3)4/h9-10,13H,6-8H2,1-5H3. The minimum atomic E-state index is 0.420. The fourth-order valence-electron chi connectivity index (χ4n) is 1.31. The molecule has 0 aliphatic rings. The first-order valence-electron chi connectivity index (χ1n) is 6.26. The van der Waals surface area contributed by atoms with Gasteiger partial charge in [0.05, 0.1) is 6.54 Å². The van der Waals surface area contributed by atoms with Crippen molar-refractivity contribution in [3.63, 3.8) is 0 Å². The van der Waals surface area contributed by atoms with Crippen LogP contribution in [-0.4, -0.2) is 29.8 Å². The van der Waals surface area contributed by atoms with Crippen molar-refractivity contribution in [2.45, 2.75) is 46.7 Å². The zero-order valence-corrected chi connectivity index (χ0v) is 11.5. The van der Waals surface area contributed by atoms with Crippen molar-refractivity contribution in [3.05, 3.63) is 5.89 Å². The van der Waals surface area contributed by atoms with Crippen LogP contribution in [0.4, 0.5) is 6.01 Å². The number of aromatic nitrogens is 2. The fraction of sp³-hybridized carbons (Fsp3) is 0.833. The SMILES string of the molecule is CC(C)CCN(C)c1nnc(CNC(C)C)o1. The lowest BCUT2D eigenvalue weighted by Gasteiger charge is -2.14. The maximum absolute atomic E-state index is 5.57. The summed E-state index contributed by atoms with van der Waals surface area (Å²) in [5.74, 6) is 1.33. The number of hydrogen-bond donors (Lipinski definition) is 1. The van der Waals surface area contributed by atoms with Crippen LogP contribution in [-0.2, 0) is 6.54 Å². The molecule has 0 radical (unpaired) electrons. The summed E-state index contributed by atoms with van der Waals surface area (Å²) in [6, 6.07) is 1.02. The van der Waals surface area contributed by atoms with Gasteiger partial charge >= 0.3 is 6.01 Å². The Morgan fingerprint density at radius 3 is 2.53 bits per heavy atom. The van der Waals surface area contributed by atoms with Crippen molar-refractivity contribution in [3.8, 4) is 0 Å². The van der Waals surface area contributed by atoms with Gasteiger partial charge < -0.3 is 14.6 Å². The zero-order valence-electron chi connectivity index (χ0n) is 11.5. The van der Waals surface area contributed by atoms with Gasteiger partial charge in [0.1, 0.15) is 0 Å². The van der Waals surface area contributed by atoms with Crippen LogP contribution in [0.25, 0.3) is 0 Å². The molecule has 1 aromatic heterocycles. The average molecular weight is 240 g/mol. The second-order valence-corrected chi connectivity index (χ2v) is 5.12. The second-order valence-electron chi connectivity index (χ2n) is 5.12. The van der Waals surface area contributed by atoms with E-state index in [0.29, 0.717) is 30.4 Å².